The number of nitrogens with zero attached hydrogens (tertiary/aromatic N) is 4. The molecule has 2 heterocycles. The highest BCUT2D eigenvalue weighted by Crippen LogP contribution is 2.38. The molecule has 1 aromatic carbocycles. The molecule has 1 fully saturated rings. The van der Waals surface area contributed by atoms with Crippen molar-refractivity contribution in [2.75, 3.05) is 31.3 Å². The average Bonchev–Trinajstić information content (AvgIpc) is 3.61. The summed E-state index contributed by atoms with van der Waals surface area (Å²) in [5.74, 6) is -0.865. The largest absolute Gasteiger partial charge is 0.494 e. The van der Waals surface area contributed by atoms with Crippen LogP contribution in [0.5, 0.6) is 5.75 Å². The van der Waals surface area contributed by atoms with Gasteiger partial charge in [0.05, 0.1) is 31.2 Å². The van der Waals surface area contributed by atoms with E-state index in [9.17, 15) is 14.4 Å². The van der Waals surface area contributed by atoms with E-state index in [4.69, 9.17) is 8.85 Å². The number of amides is 3. The number of ether oxygens (including phenoxy) is 1. The Labute approximate surface area is 212 Å². The maximum absolute atomic E-state index is 12.7. The van der Waals surface area contributed by atoms with Gasteiger partial charge in [-0.15, -0.1) is 10.2 Å². The van der Waals surface area contributed by atoms with Crippen LogP contribution in [0.1, 0.15) is 34.4 Å². The summed E-state index contributed by atoms with van der Waals surface area (Å²) in [5, 5.41) is 22.5. The predicted octanol–water partition coefficient (Wildman–Crippen LogP) is 1.94. The first-order valence-electron chi connectivity index (χ1n) is 12.8. The van der Waals surface area contributed by atoms with Crippen LogP contribution in [0.4, 0.5) is 17.2 Å². The number of nitrogens with one attached hydrogen (secondary N) is 4. The first-order valence-corrected chi connectivity index (χ1v) is 11.3. The molecule has 0 aliphatic heterocycles. The van der Waals surface area contributed by atoms with E-state index in [1.807, 2.05) is 11.4 Å². The lowest BCUT2D eigenvalue weighted by molar-refractivity contribution is -0.119. The lowest BCUT2D eigenvalue weighted by Gasteiger charge is -2.16. The van der Waals surface area contributed by atoms with Crippen molar-refractivity contribution in [3.05, 3.63) is 42.4 Å². The minimum Gasteiger partial charge on any atom is -0.494 e. The Bertz CT molecular complexity index is 1390. The molecule has 188 valence electrons. The van der Waals surface area contributed by atoms with Crippen molar-refractivity contribution in [1.82, 2.24) is 30.6 Å². The number of aromatic nitrogens is 4. The van der Waals surface area contributed by atoms with Crippen molar-refractivity contribution in [2.45, 2.75) is 26.3 Å². The topological polar surface area (TPSA) is 152 Å². The third-order valence-electron chi connectivity index (χ3n) is 5.47. The molecule has 4 N–H and O–H groups in total. The van der Waals surface area contributed by atoms with Crippen molar-refractivity contribution in [3.63, 3.8) is 0 Å². The number of carbonyl (C=O) groups excluding carboxylic acids is 3. The van der Waals surface area contributed by atoms with Crippen molar-refractivity contribution in [3.8, 4) is 16.9 Å². The van der Waals surface area contributed by atoms with E-state index in [0.29, 0.717) is 30.1 Å². The van der Waals surface area contributed by atoms with E-state index in [-0.39, 0.29) is 34.9 Å². The molecule has 0 atom stereocenters. The Morgan fingerprint density at radius 3 is 2.78 bits per heavy atom. The summed E-state index contributed by atoms with van der Waals surface area (Å²) in [7, 11) is 1.49. The lowest BCUT2D eigenvalue weighted by atomic mass is 10.1. The van der Waals surface area contributed by atoms with Crippen molar-refractivity contribution >= 4 is 34.9 Å². The second-order valence-electron chi connectivity index (χ2n) is 8.20. The minimum absolute atomic E-state index is 0.0855. The molecule has 1 aliphatic carbocycles. The minimum atomic E-state index is -2.74. The third-order valence-corrected chi connectivity index (χ3v) is 5.47. The molecular weight excluding hydrogens is 464 g/mol. The summed E-state index contributed by atoms with van der Waals surface area (Å²) in [6.45, 7) is -0.407. The fourth-order valence-corrected chi connectivity index (χ4v) is 3.55. The number of hydrogen-bond donors (Lipinski definition) is 4. The summed E-state index contributed by atoms with van der Waals surface area (Å²) in [6.07, 6.45) is 5.04. The lowest BCUT2D eigenvalue weighted by Crippen LogP contribution is -2.24. The van der Waals surface area contributed by atoms with Gasteiger partial charge >= 0.3 is 0 Å². The van der Waals surface area contributed by atoms with Crippen LogP contribution in [0.25, 0.3) is 11.1 Å². The standard InChI is InChI=1S/C24H28N8O4/c1-14(33)26-9-10-32-13-16(12-27-32)17-5-4-6-18(22(17)36-3)28-19-11-20(29-23(34)15-7-8-15)30-31-21(19)24(35)25-2/h4-6,11-13,15H,7-10H2,1-3H3,(H,25,35)(H,26,33)(H2,28,29,30,34)/i2D3. The van der Waals surface area contributed by atoms with Crippen LogP contribution in [0.2, 0.25) is 0 Å². The number of para-hydroxylation sites is 1. The average molecular weight is 496 g/mol. The maximum atomic E-state index is 12.7. The van der Waals surface area contributed by atoms with E-state index in [2.05, 4.69) is 31.2 Å². The highest BCUT2D eigenvalue weighted by Gasteiger charge is 2.30. The number of carbonyl (C=O) groups is 3. The molecule has 0 unspecified atom stereocenters. The second kappa shape index (κ2) is 10.8. The monoisotopic (exact) mass is 495 g/mol. The van der Waals surface area contributed by atoms with Crippen LogP contribution >= 0.6 is 0 Å². The predicted molar refractivity (Wildman–Crippen MR) is 133 cm³/mol. The molecule has 1 aliphatic rings. The second-order valence-corrected chi connectivity index (χ2v) is 8.20. The highest BCUT2D eigenvalue weighted by atomic mass is 16.5. The summed E-state index contributed by atoms with van der Waals surface area (Å²) in [6, 6.07) is 6.71. The van der Waals surface area contributed by atoms with Crippen LogP contribution in [-0.4, -0.2) is 58.3 Å². The van der Waals surface area contributed by atoms with Gasteiger partial charge in [-0.25, -0.2) is 0 Å². The summed E-state index contributed by atoms with van der Waals surface area (Å²) >= 11 is 0. The third kappa shape index (κ3) is 5.77. The number of methoxy groups -OCH3 is 1. The fourth-order valence-electron chi connectivity index (χ4n) is 3.55. The summed E-state index contributed by atoms with van der Waals surface area (Å²) in [5.41, 5.74) is 1.69. The molecular formula is C24H28N8O4. The molecule has 12 heteroatoms. The van der Waals surface area contributed by atoms with E-state index >= 15 is 0 Å². The molecule has 2 aromatic heterocycles. The van der Waals surface area contributed by atoms with Crippen LogP contribution in [0.15, 0.2) is 36.7 Å². The van der Waals surface area contributed by atoms with Gasteiger partial charge in [0.15, 0.2) is 11.5 Å². The van der Waals surface area contributed by atoms with Crippen molar-refractivity contribution in [1.29, 1.82) is 0 Å². The van der Waals surface area contributed by atoms with Gasteiger partial charge in [0, 0.05) is 53.9 Å². The van der Waals surface area contributed by atoms with Gasteiger partial charge in [0.1, 0.15) is 5.75 Å². The van der Waals surface area contributed by atoms with Gasteiger partial charge in [-0.05, 0) is 18.9 Å². The van der Waals surface area contributed by atoms with E-state index < -0.39 is 12.9 Å². The summed E-state index contributed by atoms with van der Waals surface area (Å²) < 4.78 is 29.5. The number of anilines is 3. The van der Waals surface area contributed by atoms with E-state index in [0.717, 1.165) is 18.4 Å². The fraction of sp³-hybridized carbons (Fsp3) is 0.333. The number of hydrogen-bond acceptors (Lipinski definition) is 8. The number of rotatable bonds is 10. The highest BCUT2D eigenvalue weighted by molar-refractivity contribution is 6.00. The summed E-state index contributed by atoms with van der Waals surface area (Å²) in [4.78, 5) is 36.1. The molecule has 0 saturated heterocycles. The molecule has 4 rings (SSSR count). The molecule has 1 saturated carbocycles. The SMILES string of the molecule is [2H]C([2H])([2H])NC(=O)c1nnc(NC(=O)C2CC2)cc1Nc1cccc(-c2cnn(CCNC(C)=O)c2)c1OC. The first kappa shape index (κ1) is 20.9. The molecule has 3 aromatic rings. The van der Waals surface area contributed by atoms with Crippen molar-refractivity contribution < 1.29 is 23.2 Å². The maximum Gasteiger partial charge on any atom is 0.273 e. The zero-order valence-corrected chi connectivity index (χ0v) is 19.8. The van der Waals surface area contributed by atoms with Gasteiger partial charge in [0.25, 0.3) is 5.91 Å². The van der Waals surface area contributed by atoms with Gasteiger partial charge in [-0.2, -0.15) is 5.10 Å². The van der Waals surface area contributed by atoms with Crippen LogP contribution in [0.3, 0.4) is 0 Å². The van der Waals surface area contributed by atoms with Crippen molar-refractivity contribution in [2.24, 2.45) is 5.92 Å². The van der Waals surface area contributed by atoms with Gasteiger partial charge in [-0.3, -0.25) is 19.1 Å². The Morgan fingerprint density at radius 2 is 2.06 bits per heavy atom. The van der Waals surface area contributed by atoms with Gasteiger partial charge in [0.2, 0.25) is 11.8 Å². The van der Waals surface area contributed by atoms with E-state index in [1.54, 1.807) is 29.2 Å². The van der Waals surface area contributed by atoms with E-state index in [1.165, 1.54) is 20.1 Å². The Kier molecular flexibility index (Phi) is 6.28. The molecule has 36 heavy (non-hydrogen) atoms. The molecule has 12 nitrogen and oxygen atoms in total. The first-order chi connectivity index (χ1) is 18.5. The quantitative estimate of drug-likeness (QED) is 0.333. The molecule has 0 spiro atoms. The zero-order chi connectivity index (χ0) is 28.2. The Morgan fingerprint density at radius 1 is 1.22 bits per heavy atom. The molecule has 3 amide bonds. The van der Waals surface area contributed by atoms with Crippen LogP contribution < -0.4 is 26.0 Å². The normalized spacial score (nSPS) is 14.1. The Balaban J connectivity index is 1.65. The molecule has 0 radical (unpaired) electrons. The zero-order valence-electron chi connectivity index (χ0n) is 22.8. The van der Waals surface area contributed by atoms with Crippen LogP contribution in [-0.2, 0) is 16.1 Å². The number of benzene rings is 1. The Hall–Kier alpha value is -4.48. The van der Waals surface area contributed by atoms with Gasteiger partial charge < -0.3 is 26.0 Å². The van der Waals surface area contributed by atoms with Gasteiger partial charge in [-0.1, -0.05) is 12.1 Å². The van der Waals surface area contributed by atoms with Crippen LogP contribution in [0, 0.1) is 5.92 Å². The molecule has 0 bridgehead atoms. The smallest absolute Gasteiger partial charge is 0.273 e.